The van der Waals surface area contributed by atoms with E-state index in [4.69, 9.17) is 4.74 Å². The van der Waals surface area contributed by atoms with Gasteiger partial charge in [-0.05, 0) is 19.4 Å². The van der Waals surface area contributed by atoms with Gasteiger partial charge in [-0.1, -0.05) is 18.2 Å². The minimum absolute atomic E-state index is 0.0175. The van der Waals surface area contributed by atoms with E-state index in [-0.39, 0.29) is 11.3 Å². The van der Waals surface area contributed by atoms with E-state index in [0.717, 1.165) is 0 Å². The summed E-state index contributed by atoms with van der Waals surface area (Å²) in [6.45, 7) is 2.06. The molecule has 1 aliphatic heterocycles. The number of benzene rings is 1. The normalized spacial score (nSPS) is 18.2. The molecule has 0 radical (unpaired) electrons. The Morgan fingerprint density at radius 1 is 1.32 bits per heavy atom. The number of rotatable bonds is 6. The van der Waals surface area contributed by atoms with Crippen LogP contribution in [0.2, 0.25) is 0 Å². The van der Waals surface area contributed by atoms with Gasteiger partial charge in [-0.3, -0.25) is 9.59 Å². The Labute approximate surface area is 128 Å². The first-order valence-electron chi connectivity index (χ1n) is 7.01. The highest BCUT2D eigenvalue weighted by molar-refractivity contribution is 6.08. The van der Waals surface area contributed by atoms with Gasteiger partial charge < -0.3 is 19.8 Å². The van der Waals surface area contributed by atoms with Gasteiger partial charge in [0.05, 0.1) is 11.6 Å². The van der Waals surface area contributed by atoms with E-state index >= 15 is 0 Å². The second-order valence-corrected chi connectivity index (χ2v) is 5.12. The molecule has 0 spiro atoms. The lowest BCUT2D eigenvalue weighted by Crippen LogP contribution is -2.32. The van der Waals surface area contributed by atoms with Crippen molar-refractivity contribution in [2.45, 2.75) is 19.4 Å². The topological polar surface area (TPSA) is 87.1 Å². The molecule has 1 unspecified atom stereocenters. The predicted molar refractivity (Wildman–Crippen MR) is 79.4 cm³/mol. The Morgan fingerprint density at radius 3 is 2.59 bits per heavy atom. The van der Waals surface area contributed by atoms with Crippen LogP contribution in [0.5, 0.6) is 5.75 Å². The van der Waals surface area contributed by atoms with Crippen molar-refractivity contribution in [3.05, 3.63) is 41.2 Å². The molecule has 0 aromatic heterocycles. The van der Waals surface area contributed by atoms with Crippen LogP contribution in [-0.4, -0.2) is 47.1 Å². The van der Waals surface area contributed by atoms with Gasteiger partial charge in [-0.2, -0.15) is 0 Å². The van der Waals surface area contributed by atoms with E-state index in [0.29, 0.717) is 25.1 Å². The van der Waals surface area contributed by atoms with E-state index < -0.39 is 23.5 Å². The van der Waals surface area contributed by atoms with Crippen LogP contribution >= 0.6 is 0 Å². The zero-order valence-electron chi connectivity index (χ0n) is 12.6. The van der Waals surface area contributed by atoms with Crippen LogP contribution in [0.3, 0.4) is 0 Å². The number of para-hydroxylation sites is 1. The number of amides is 1. The quantitative estimate of drug-likeness (QED) is 0.781. The number of phenols is 1. The summed E-state index contributed by atoms with van der Waals surface area (Å²) in [4.78, 5) is 25.5. The van der Waals surface area contributed by atoms with Crippen molar-refractivity contribution in [3.63, 3.8) is 0 Å². The first-order chi connectivity index (χ1) is 10.5. The summed E-state index contributed by atoms with van der Waals surface area (Å²) in [6, 6.07) is 5.71. The molecule has 118 valence electrons. The van der Waals surface area contributed by atoms with Crippen LogP contribution in [-0.2, 0) is 14.3 Å². The van der Waals surface area contributed by atoms with E-state index in [1.807, 2.05) is 0 Å². The molecule has 6 nitrogen and oxygen atoms in total. The third kappa shape index (κ3) is 2.82. The minimum atomic E-state index is -0.775. The van der Waals surface area contributed by atoms with Gasteiger partial charge in [0, 0.05) is 25.8 Å². The number of carbonyl (C=O) groups excluding carboxylic acids is 2. The lowest BCUT2D eigenvalue weighted by molar-refractivity contribution is -0.129. The zero-order valence-corrected chi connectivity index (χ0v) is 12.6. The fourth-order valence-corrected chi connectivity index (χ4v) is 2.67. The number of hydrogen-bond donors (Lipinski definition) is 2. The number of aliphatic hydroxyl groups is 1. The van der Waals surface area contributed by atoms with Crippen LogP contribution in [0, 0.1) is 0 Å². The fourth-order valence-electron chi connectivity index (χ4n) is 2.67. The number of methoxy groups -OCH3 is 1. The SMILES string of the molecule is COCCCN1C(=O)C(O)=C(C(C)=O)C1c1ccccc1O. The maximum absolute atomic E-state index is 12.3. The predicted octanol–water partition coefficient (Wildman–Crippen LogP) is 1.71. The van der Waals surface area contributed by atoms with Crippen LogP contribution in [0.1, 0.15) is 24.9 Å². The van der Waals surface area contributed by atoms with Gasteiger partial charge in [0.25, 0.3) is 5.91 Å². The van der Waals surface area contributed by atoms with E-state index in [2.05, 4.69) is 0 Å². The summed E-state index contributed by atoms with van der Waals surface area (Å²) in [5.41, 5.74) is 0.437. The number of carbonyl (C=O) groups is 2. The standard InChI is InChI=1S/C16H19NO5/c1-10(18)13-14(11-6-3-4-7-12(11)19)17(8-5-9-22-2)16(21)15(13)20/h3-4,6-7,14,19-20H,5,8-9H2,1-2H3. The second kappa shape index (κ2) is 6.62. The Kier molecular flexibility index (Phi) is 4.82. The second-order valence-electron chi connectivity index (χ2n) is 5.12. The summed E-state index contributed by atoms with van der Waals surface area (Å²) in [5.74, 6) is -1.56. The third-order valence-electron chi connectivity index (χ3n) is 3.66. The van der Waals surface area contributed by atoms with Crippen LogP contribution in [0.15, 0.2) is 35.6 Å². The largest absolute Gasteiger partial charge is 0.508 e. The molecule has 0 bridgehead atoms. The summed E-state index contributed by atoms with van der Waals surface area (Å²) in [5, 5.41) is 20.1. The Morgan fingerprint density at radius 2 is 2.00 bits per heavy atom. The Balaban J connectivity index is 2.44. The molecule has 1 aromatic carbocycles. The average molecular weight is 305 g/mol. The third-order valence-corrected chi connectivity index (χ3v) is 3.66. The molecule has 1 atom stereocenters. The monoisotopic (exact) mass is 305 g/mol. The summed E-state index contributed by atoms with van der Waals surface area (Å²) in [7, 11) is 1.56. The lowest BCUT2D eigenvalue weighted by atomic mass is 9.96. The Bertz CT molecular complexity index is 623. The molecular weight excluding hydrogens is 286 g/mol. The lowest BCUT2D eigenvalue weighted by Gasteiger charge is -2.27. The molecule has 0 saturated heterocycles. The molecular formula is C16H19NO5. The summed E-state index contributed by atoms with van der Waals surface area (Å²) < 4.78 is 4.97. The average Bonchev–Trinajstić information content (AvgIpc) is 2.73. The zero-order chi connectivity index (χ0) is 16.3. The van der Waals surface area contributed by atoms with Crippen molar-refractivity contribution < 1.29 is 24.5 Å². The van der Waals surface area contributed by atoms with E-state index in [1.165, 1.54) is 17.9 Å². The number of phenolic OH excluding ortho intramolecular Hbond substituents is 1. The van der Waals surface area contributed by atoms with Crippen molar-refractivity contribution in [2.24, 2.45) is 0 Å². The molecule has 0 saturated carbocycles. The fraction of sp³-hybridized carbons (Fsp3) is 0.375. The molecule has 22 heavy (non-hydrogen) atoms. The molecule has 1 aromatic rings. The number of ketones is 1. The number of nitrogens with zero attached hydrogens (tertiary/aromatic N) is 1. The van der Waals surface area contributed by atoms with Crippen molar-refractivity contribution in [1.82, 2.24) is 4.90 Å². The van der Waals surface area contributed by atoms with E-state index in [1.54, 1.807) is 25.3 Å². The molecule has 0 fully saturated rings. The maximum atomic E-state index is 12.3. The molecule has 0 aliphatic carbocycles. The number of aliphatic hydroxyl groups excluding tert-OH is 1. The van der Waals surface area contributed by atoms with Crippen LogP contribution < -0.4 is 0 Å². The molecule has 6 heteroatoms. The molecule has 2 rings (SSSR count). The first-order valence-corrected chi connectivity index (χ1v) is 7.01. The van der Waals surface area contributed by atoms with Crippen molar-refractivity contribution in [3.8, 4) is 5.75 Å². The molecule has 1 heterocycles. The summed E-state index contributed by atoms with van der Waals surface area (Å²) in [6.07, 6.45) is 0.560. The maximum Gasteiger partial charge on any atom is 0.290 e. The highest BCUT2D eigenvalue weighted by Crippen LogP contribution is 2.40. The minimum Gasteiger partial charge on any atom is -0.508 e. The van der Waals surface area contributed by atoms with Gasteiger partial charge in [0.15, 0.2) is 11.5 Å². The smallest absolute Gasteiger partial charge is 0.290 e. The summed E-state index contributed by atoms with van der Waals surface area (Å²) >= 11 is 0. The number of hydrogen-bond acceptors (Lipinski definition) is 5. The van der Waals surface area contributed by atoms with Gasteiger partial charge in [0.1, 0.15) is 5.75 Å². The van der Waals surface area contributed by atoms with Gasteiger partial charge in [-0.15, -0.1) is 0 Å². The van der Waals surface area contributed by atoms with Crippen molar-refractivity contribution >= 4 is 11.7 Å². The highest BCUT2D eigenvalue weighted by Gasteiger charge is 2.42. The van der Waals surface area contributed by atoms with E-state index in [9.17, 15) is 19.8 Å². The van der Waals surface area contributed by atoms with Gasteiger partial charge >= 0.3 is 0 Å². The first kappa shape index (κ1) is 16.0. The van der Waals surface area contributed by atoms with Crippen LogP contribution in [0.4, 0.5) is 0 Å². The molecule has 2 N–H and O–H groups in total. The molecule has 1 amide bonds. The van der Waals surface area contributed by atoms with Gasteiger partial charge in [-0.25, -0.2) is 0 Å². The number of aromatic hydroxyl groups is 1. The van der Waals surface area contributed by atoms with Crippen LogP contribution in [0.25, 0.3) is 0 Å². The van der Waals surface area contributed by atoms with Crippen molar-refractivity contribution in [2.75, 3.05) is 20.3 Å². The number of Topliss-reactive ketones (excluding diaryl/α,β-unsaturated/α-hetero) is 1. The highest BCUT2D eigenvalue weighted by atomic mass is 16.5. The van der Waals surface area contributed by atoms with Crippen molar-refractivity contribution in [1.29, 1.82) is 0 Å². The number of ether oxygens (including phenoxy) is 1. The molecule has 1 aliphatic rings. The van der Waals surface area contributed by atoms with Gasteiger partial charge in [0.2, 0.25) is 0 Å². The Hall–Kier alpha value is -2.34.